The Labute approximate surface area is 138 Å². The number of fused-ring (bicyclic) bond motifs is 1. The molecule has 24 heavy (non-hydrogen) atoms. The average molecular weight is 345 g/mol. The molecule has 3 rings (SSSR count). The van der Waals surface area contributed by atoms with Crippen molar-refractivity contribution in [1.82, 2.24) is 24.6 Å². The van der Waals surface area contributed by atoms with Crippen LogP contribution in [0.2, 0.25) is 0 Å². The second kappa shape index (κ2) is 6.38. The fourth-order valence-corrected chi connectivity index (χ4v) is 2.97. The quantitative estimate of drug-likeness (QED) is 0.703. The van der Waals surface area contributed by atoms with Crippen molar-refractivity contribution in [1.29, 1.82) is 0 Å². The van der Waals surface area contributed by atoms with Crippen molar-refractivity contribution in [2.45, 2.75) is 11.4 Å². The highest BCUT2D eigenvalue weighted by atomic mass is 32.2. The van der Waals surface area contributed by atoms with E-state index in [0.29, 0.717) is 11.5 Å². The second-order valence-corrected chi connectivity index (χ2v) is 6.85. The highest BCUT2D eigenvalue weighted by molar-refractivity contribution is 7.89. The Balaban J connectivity index is 1.77. The number of benzene rings is 1. The van der Waals surface area contributed by atoms with E-state index in [9.17, 15) is 13.2 Å². The molecule has 0 spiro atoms. The van der Waals surface area contributed by atoms with Gasteiger partial charge in [0, 0.05) is 11.8 Å². The van der Waals surface area contributed by atoms with Gasteiger partial charge in [-0.25, -0.2) is 13.1 Å². The minimum Gasteiger partial charge on any atom is -0.345 e. The summed E-state index contributed by atoms with van der Waals surface area (Å²) in [4.78, 5) is 12.3. The van der Waals surface area contributed by atoms with Crippen molar-refractivity contribution in [3.63, 3.8) is 0 Å². The van der Waals surface area contributed by atoms with Crippen LogP contribution >= 0.6 is 0 Å². The third kappa shape index (κ3) is 3.12. The molecule has 2 aromatic heterocycles. The van der Waals surface area contributed by atoms with E-state index < -0.39 is 15.9 Å². The second-order valence-electron chi connectivity index (χ2n) is 4.96. The van der Waals surface area contributed by atoms with Gasteiger partial charge in [-0.3, -0.25) is 9.20 Å². The lowest BCUT2D eigenvalue weighted by molar-refractivity contribution is 0.0949. The Kier molecular flexibility index (Phi) is 4.28. The van der Waals surface area contributed by atoms with E-state index in [4.69, 9.17) is 0 Å². The molecule has 0 aliphatic rings. The van der Waals surface area contributed by atoms with Crippen LogP contribution in [0.4, 0.5) is 0 Å². The van der Waals surface area contributed by atoms with Crippen LogP contribution in [-0.2, 0) is 16.6 Å². The Hall–Kier alpha value is -2.78. The molecule has 0 saturated carbocycles. The van der Waals surface area contributed by atoms with Gasteiger partial charge in [-0.15, -0.1) is 10.2 Å². The number of rotatable bonds is 5. The summed E-state index contributed by atoms with van der Waals surface area (Å²) in [6, 6.07) is 11.3. The molecular formula is C15H15N5O3S. The number of pyridine rings is 1. The van der Waals surface area contributed by atoms with Crippen molar-refractivity contribution in [2.24, 2.45) is 0 Å². The van der Waals surface area contributed by atoms with Gasteiger partial charge in [-0.1, -0.05) is 12.1 Å². The van der Waals surface area contributed by atoms with Gasteiger partial charge in [0.15, 0.2) is 11.5 Å². The number of sulfonamides is 1. The summed E-state index contributed by atoms with van der Waals surface area (Å²) in [5, 5.41) is 10.7. The number of hydrogen-bond donors (Lipinski definition) is 2. The number of amides is 1. The molecule has 0 aliphatic heterocycles. The highest BCUT2D eigenvalue weighted by Crippen LogP contribution is 2.11. The molecule has 0 fully saturated rings. The number of hydrogen-bond acceptors (Lipinski definition) is 5. The molecule has 8 nitrogen and oxygen atoms in total. The van der Waals surface area contributed by atoms with Gasteiger partial charge in [0.2, 0.25) is 10.0 Å². The molecule has 2 heterocycles. The first-order valence-electron chi connectivity index (χ1n) is 7.12. The number of carbonyl (C=O) groups excluding carboxylic acids is 1. The third-order valence-electron chi connectivity index (χ3n) is 3.47. The number of nitrogens with one attached hydrogen (secondary N) is 2. The molecule has 0 unspecified atom stereocenters. The van der Waals surface area contributed by atoms with E-state index >= 15 is 0 Å². The van der Waals surface area contributed by atoms with Crippen LogP contribution in [-0.4, -0.2) is 36.0 Å². The standard InChI is InChI=1S/C15H15N5O3S/c1-16-24(22,23)12-6-4-5-11(9-12)15(21)17-10-14-19-18-13-7-2-3-8-20(13)14/h2-9,16H,10H2,1H3,(H,17,21). The Morgan fingerprint density at radius 3 is 2.79 bits per heavy atom. The minimum absolute atomic E-state index is 0.0329. The third-order valence-corrected chi connectivity index (χ3v) is 4.88. The van der Waals surface area contributed by atoms with E-state index in [0.717, 1.165) is 0 Å². The van der Waals surface area contributed by atoms with Crippen LogP contribution in [0.25, 0.3) is 5.65 Å². The summed E-state index contributed by atoms with van der Waals surface area (Å²) in [5.41, 5.74) is 0.934. The molecule has 0 saturated heterocycles. The van der Waals surface area contributed by atoms with Gasteiger partial charge in [-0.2, -0.15) is 0 Å². The molecule has 1 aromatic carbocycles. The molecule has 0 radical (unpaired) electrons. The van der Waals surface area contributed by atoms with Gasteiger partial charge in [-0.05, 0) is 37.4 Å². The van der Waals surface area contributed by atoms with E-state index in [-0.39, 0.29) is 17.0 Å². The van der Waals surface area contributed by atoms with Crippen LogP contribution < -0.4 is 10.0 Å². The smallest absolute Gasteiger partial charge is 0.251 e. The molecule has 124 valence electrons. The summed E-state index contributed by atoms with van der Waals surface area (Å²) < 4.78 is 27.6. The maximum atomic E-state index is 12.3. The number of aromatic nitrogens is 3. The van der Waals surface area contributed by atoms with Crippen LogP contribution in [0, 0.1) is 0 Å². The molecule has 9 heteroatoms. The van der Waals surface area contributed by atoms with Crippen molar-refractivity contribution < 1.29 is 13.2 Å². The number of nitrogens with zero attached hydrogens (tertiary/aromatic N) is 3. The van der Waals surface area contributed by atoms with Gasteiger partial charge in [0.05, 0.1) is 11.4 Å². The number of carbonyl (C=O) groups is 1. The van der Waals surface area contributed by atoms with E-state index in [2.05, 4.69) is 20.2 Å². The van der Waals surface area contributed by atoms with Gasteiger partial charge in [0.1, 0.15) is 0 Å². The largest absolute Gasteiger partial charge is 0.345 e. The zero-order valence-corrected chi connectivity index (χ0v) is 13.6. The van der Waals surface area contributed by atoms with Gasteiger partial charge in [0.25, 0.3) is 5.91 Å². The van der Waals surface area contributed by atoms with Crippen molar-refractivity contribution in [2.75, 3.05) is 7.05 Å². The summed E-state index contributed by atoms with van der Waals surface area (Å²) in [7, 11) is -2.28. The maximum absolute atomic E-state index is 12.3. The van der Waals surface area contributed by atoms with E-state index in [1.54, 1.807) is 16.7 Å². The molecular weight excluding hydrogens is 330 g/mol. The zero-order chi connectivity index (χ0) is 17.2. The van der Waals surface area contributed by atoms with Gasteiger partial charge >= 0.3 is 0 Å². The Bertz CT molecular complexity index is 997. The van der Waals surface area contributed by atoms with Crippen molar-refractivity contribution >= 4 is 21.6 Å². The summed E-state index contributed by atoms with van der Waals surface area (Å²) in [5.74, 6) is 0.189. The normalized spacial score (nSPS) is 11.5. The summed E-state index contributed by atoms with van der Waals surface area (Å²) in [6.07, 6.45) is 1.80. The van der Waals surface area contributed by atoms with Crippen molar-refractivity contribution in [3.05, 3.63) is 60.0 Å². The topological polar surface area (TPSA) is 105 Å². The molecule has 2 N–H and O–H groups in total. The van der Waals surface area contributed by atoms with Crippen LogP contribution in [0.5, 0.6) is 0 Å². The molecule has 3 aromatic rings. The first-order valence-corrected chi connectivity index (χ1v) is 8.60. The van der Waals surface area contributed by atoms with E-state index in [1.165, 1.54) is 25.2 Å². The predicted octanol–water partition coefficient (Wildman–Crippen LogP) is 0.567. The summed E-state index contributed by atoms with van der Waals surface area (Å²) in [6.45, 7) is 0.174. The maximum Gasteiger partial charge on any atom is 0.251 e. The lowest BCUT2D eigenvalue weighted by Gasteiger charge is -2.07. The molecule has 0 aliphatic carbocycles. The lowest BCUT2D eigenvalue weighted by Crippen LogP contribution is -2.25. The first kappa shape index (κ1) is 16.1. The van der Waals surface area contributed by atoms with Crippen LogP contribution in [0.1, 0.15) is 16.2 Å². The SMILES string of the molecule is CNS(=O)(=O)c1cccc(C(=O)NCc2nnc3ccccn23)c1. The molecule has 0 bridgehead atoms. The Morgan fingerprint density at radius 2 is 2.00 bits per heavy atom. The average Bonchev–Trinajstić information content (AvgIpc) is 3.03. The molecule has 0 atom stereocenters. The fourth-order valence-electron chi connectivity index (χ4n) is 2.20. The predicted molar refractivity (Wildman–Crippen MR) is 86.8 cm³/mol. The Morgan fingerprint density at radius 1 is 1.17 bits per heavy atom. The first-order chi connectivity index (χ1) is 11.5. The lowest BCUT2D eigenvalue weighted by atomic mass is 10.2. The van der Waals surface area contributed by atoms with Gasteiger partial charge < -0.3 is 5.32 Å². The van der Waals surface area contributed by atoms with Crippen LogP contribution in [0.15, 0.2) is 53.6 Å². The zero-order valence-electron chi connectivity index (χ0n) is 12.8. The summed E-state index contributed by atoms with van der Waals surface area (Å²) >= 11 is 0. The molecule has 1 amide bonds. The monoisotopic (exact) mass is 345 g/mol. The highest BCUT2D eigenvalue weighted by Gasteiger charge is 2.14. The van der Waals surface area contributed by atoms with Crippen molar-refractivity contribution in [3.8, 4) is 0 Å². The van der Waals surface area contributed by atoms with Crippen LogP contribution in [0.3, 0.4) is 0 Å². The fraction of sp³-hybridized carbons (Fsp3) is 0.133. The minimum atomic E-state index is -3.60. The van der Waals surface area contributed by atoms with E-state index in [1.807, 2.05) is 18.2 Å².